The first-order valence-corrected chi connectivity index (χ1v) is 4.80. The number of benzene rings is 1. The van der Waals surface area contributed by atoms with Gasteiger partial charge in [-0.1, -0.05) is 18.2 Å². The van der Waals surface area contributed by atoms with Gasteiger partial charge in [-0.25, -0.2) is 0 Å². The van der Waals surface area contributed by atoms with E-state index in [1.165, 1.54) is 0 Å². The zero-order valence-electron chi connectivity index (χ0n) is 8.48. The quantitative estimate of drug-likeness (QED) is 0.536. The van der Waals surface area contributed by atoms with Crippen LogP contribution in [-0.2, 0) is 16.0 Å². The molecule has 1 aromatic carbocycles. The Labute approximate surface area is 91.8 Å². The van der Waals surface area contributed by atoms with Crippen LogP contribution >= 0.6 is 0 Å². The smallest absolute Gasteiger partial charge is 0.293 e. The summed E-state index contributed by atoms with van der Waals surface area (Å²) >= 11 is 0. The summed E-state index contributed by atoms with van der Waals surface area (Å²) in [5.41, 5.74) is 0.883. The topological polar surface area (TPSA) is 69.9 Å². The van der Waals surface area contributed by atoms with Gasteiger partial charge in [-0.05, 0) is 22.6 Å². The number of para-hydroxylation sites is 1. The van der Waals surface area contributed by atoms with Crippen molar-refractivity contribution in [1.29, 1.82) is 0 Å². The molecule has 0 amide bonds. The third-order valence-electron chi connectivity index (χ3n) is 2.05. The van der Waals surface area contributed by atoms with Gasteiger partial charge in [-0.3, -0.25) is 4.79 Å². The van der Waals surface area contributed by atoms with Gasteiger partial charge in [0.25, 0.3) is 6.47 Å². The maximum atomic E-state index is 10.0. The van der Waals surface area contributed by atoms with Crippen molar-refractivity contribution in [2.24, 2.45) is 0 Å². The SMILES string of the molecule is O=COCCc1nnnn1-c1ccccc1. The summed E-state index contributed by atoms with van der Waals surface area (Å²) < 4.78 is 6.23. The summed E-state index contributed by atoms with van der Waals surface area (Å²) in [7, 11) is 0. The molecule has 0 unspecified atom stereocenters. The minimum atomic E-state index is 0.275. The fourth-order valence-electron chi connectivity index (χ4n) is 1.33. The summed E-state index contributed by atoms with van der Waals surface area (Å²) in [6.45, 7) is 0.688. The van der Waals surface area contributed by atoms with Crippen molar-refractivity contribution >= 4 is 6.47 Å². The van der Waals surface area contributed by atoms with Gasteiger partial charge >= 0.3 is 0 Å². The molecule has 0 aliphatic heterocycles. The number of hydrogen-bond acceptors (Lipinski definition) is 5. The van der Waals surface area contributed by atoms with E-state index in [4.69, 9.17) is 0 Å². The van der Waals surface area contributed by atoms with Crippen molar-refractivity contribution in [2.45, 2.75) is 6.42 Å². The van der Waals surface area contributed by atoms with E-state index in [-0.39, 0.29) is 6.61 Å². The highest BCUT2D eigenvalue weighted by atomic mass is 16.5. The Balaban J connectivity index is 2.16. The van der Waals surface area contributed by atoms with E-state index in [0.29, 0.717) is 18.7 Å². The molecule has 0 spiro atoms. The molecule has 0 aliphatic rings. The lowest BCUT2D eigenvalue weighted by Gasteiger charge is -2.03. The van der Waals surface area contributed by atoms with Crippen molar-refractivity contribution in [1.82, 2.24) is 20.2 Å². The van der Waals surface area contributed by atoms with E-state index < -0.39 is 0 Å². The van der Waals surface area contributed by atoms with Crippen molar-refractivity contribution in [3.8, 4) is 5.69 Å². The fraction of sp³-hybridized carbons (Fsp3) is 0.200. The molecule has 1 aromatic heterocycles. The molecule has 82 valence electrons. The second kappa shape index (κ2) is 5.01. The second-order valence-corrected chi connectivity index (χ2v) is 3.06. The van der Waals surface area contributed by atoms with E-state index in [2.05, 4.69) is 20.3 Å². The summed E-state index contributed by atoms with van der Waals surface area (Å²) in [5, 5.41) is 11.3. The highest BCUT2D eigenvalue weighted by molar-refractivity contribution is 5.37. The maximum Gasteiger partial charge on any atom is 0.293 e. The van der Waals surface area contributed by atoms with E-state index in [1.54, 1.807) is 4.68 Å². The Hall–Kier alpha value is -2.24. The molecule has 0 saturated heterocycles. The lowest BCUT2D eigenvalue weighted by molar-refractivity contribution is -0.128. The molecule has 0 radical (unpaired) electrons. The van der Waals surface area contributed by atoms with Crippen LogP contribution in [0.2, 0.25) is 0 Å². The molecule has 0 aliphatic carbocycles. The standard InChI is InChI=1S/C10H10N4O2/c15-8-16-7-6-10-11-12-13-14(10)9-4-2-1-3-5-9/h1-5,8H,6-7H2. The molecular formula is C10H10N4O2. The monoisotopic (exact) mass is 218 g/mol. The van der Waals surface area contributed by atoms with Crippen LogP contribution in [0, 0.1) is 0 Å². The predicted molar refractivity (Wildman–Crippen MR) is 54.9 cm³/mol. The van der Waals surface area contributed by atoms with E-state index in [9.17, 15) is 4.79 Å². The van der Waals surface area contributed by atoms with Crippen molar-refractivity contribution in [3.63, 3.8) is 0 Å². The Morgan fingerprint density at radius 2 is 2.12 bits per heavy atom. The van der Waals surface area contributed by atoms with E-state index in [0.717, 1.165) is 5.69 Å². The van der Waals surface area contributed by atoms with Gasteiger partial charge in [0.2, 0.25) is 0 Å². The summed E-state index contributed by atoms with van der Waals surface area (Å²) in [6, 6.07) is 9.54. The van der Waals surface area contributed by atoms with Gasteiger partial charge in [0, 0.05) is 6.42 Å². The minimum absolute atomic E-state index is 0.275. The maximum absolute atomic E-state index is 10.0. The number of aromatic nitrogens is 4. The normalized spacial score (nSPS) is 10.0. The Bertz CT molecular complexity index is 455. The average molecular weight is 218 g/mol. The van der Waals surface area contributed by atoms with E-state index in [1.807, 2.05) is 30.3 Å². The molecule has 0 bridgehead atoms. The number of rotatable bonds is 5. The number of carbonyl (C=O) groups is 1. The third kappa shape index (κ3) is 2.22. The first kappa shape index (κ1) is 10.3. The minimum Gasteiger partial charge on any atom is -0.467 e. The van der Waals surface area contributed by atoms with Gasteiger partial charge in [0.05, 0.1) is 12.3 Å². The van der Waals surface area contributed by atoms with Crippen LogP contribution < -0.4 is 0 Å². The highest BCUT2D eigenvalue weighted by Crippen LogP contribution is 2.07. The number of tetrazole rings is 1. The average Bonchev–Trinajstić information content (AvgIpc) is 2.79. The lowest BCUT2D eigenvalue weighted by atomic mass is 10.3. The molecule has 0 atom stereocenters. The van der Waals surface area contributed by atoms with E-state index >= 15 is 0 Å². The molecule has 2 rings (SSSR count). The first-order valence-electron chi connectivity index (χ1n) is 4.80. The summed E-state index contributed by atoms with van der Waals surface area (Å²) in [6.07, 6.45) is 0.487. The van der Waals surface area contributed by atoms with Crippen LogP contribution in [-0.4, -0.2) is 33.3 Å². The number of nitrogens with zero attached hydrogens (tertiary/aromatic N) is 4. The molecule has 2 aromatic rings. The first-order chi connectivity index (χ1) is 7.92. The van der Waals surface area contributed by atoms with Crippen LogP contribution in [0.3, 0.4) is 0 Å². The molecule has 1 heterocycles. The molecule has 0 saturated carbocycles. The number of carbonyl (C=O) groups excluding carboxylic acids is 1. The Morgan fingerprint density at radius 1 is 1.31 bits per heavy atom. The zero-order valence-corrected chi connectivity index (χ0v) is 8.48. The number of ether oxygens (including phenoxy) is 1. The van der Waals surface area contributed by atoms with Gasteiger partial charge in [0.15, 0.2) is 5.82 Å². The fourth-order valence-corrected chi connectivity index (χ4v) is 1.33. The molecule has 6 heteroatoms. The summed E-state index contributed by atoms with van der Waals surface area (Å²) in [5.74, 6) is 0.660. The van der Waals surface area contributed by atoms with Crippen molar-refractivity contribution in [3.05, 3.63) is 36.2 Å². The van der Waals surface area contributed by atoms with Crippen LogP contribution in [0.5, 0.6) is 0 Å². The van der Waals surface area contributed by atoms with Crippen LogP contribution in [0.15, 0.2) is 30.3 Å². The van der Waals surface area contributed by atoms with Crippen LogP contribution in [0.4, 0.5) is 0 Å². The van der Waals surface area contributed by atoms with Gasteiger partial charge in [-0.15, -0.1) is 5.10 Å². The molecular weight excluding hydrogens is 208 g/mol. The second-order valence-electron chi connectivity index (χ2n) is 3.06. The van der Waals surface area contributed by atoms with Gasteiger partial charge < -0.3 is 4.74 Å². The van der Waals surface area contributed by atoms with Crippen molar-refractivity contribution < 1.29 is 9.53 Å². The molecule has 0 fully saturated rings. The molecule has 6 nitrogen and oxygen atoms in total. The Morgan fingerprint density at radius 3 is 2.88 bits per heavy atom. The zero-order chi connectivity index (χ0) is 11.2. The molecule has 16 heavy (non-hydrogen) atoms. The summed E-state index contributed by atoms with van der Waals surface area (Å²) in [4.78, 5) is 10.0. The largest absolute Gasteiger partial charge is 0.467 e. The lowest BCUT2D eigenvalue weighted by Crippen LogP contribution is -2.06. The van der Waals surface area contributed by atoms with Crippen molar-refractivity contribution in [2.75, 3.05) is 6.61 Å². The molecule has 0 N–H and O–H groups in total. The van der Waals surface area contributed by atoms with Gasteiger partial charge in [-0.2, -0.15) is 4.68 Å². The highest BCUT2D eigenvalue weighted by Gasteiger charge is 2.07. The third-order valence-corrected chi connectivity index (χ3v) is 2.05. The van der Waals surface area contributed by atoms with Crippen LogP contribution in [0.25, 0.3) is 5.69 Å². The Kier molecular flexibility index (Phi) is 3.22. The van der Waals surface area contributed by atoms with Gasteiger partial charge in [0.1, 0.15) is 0 Å². The number of hydrogen-bond donors (Lipinski definition) is 0. The predicted octanol–water partition coefficient (Wildman–Crippen LogP) is 0.378. The van der Waals surface area contributed by atoms with Crippen LogP contribution in [0.1, 0.15) is 5.82 Å².